The summed E-state index contributed by atoms with van der Waals surface area (Å²) in [5, 5.41) is 9.18. The molecule has 0 radical (unpaired) electrons. The lowest BCUT2D eigenvalue weighted by atomic mass is 10.2. The Morgan fingerprint density at radius 3 is 2.46 bits per heavy atom. The number of esters is 1. The molecule has 1 heterocycles. The first-order valence-electron chi connectivity index (χ1n) is 7.85. The number of carbonyl (C=O) groups is 2. The number of ether oxygens (including phenoxy) is 2. The van der Waals surface area contributed by atoms with Crippen LogP contribution in [0.3, 0.4) is 0 Å². The van der Waals surface area contributed by atoms with Gasteiger partial charge in [0.1, 0.15) is 5.75 Å². The summed E-state index contributed by atoms with van der Waals surface area (Å²) in [5.41, 5.74) is 0.747. The Bertz CT molecular complexity index is 803. The van der Waals surface area contributed by atoms with Crippen LogP contribution in [-0.4, -0.2) is 46.4 Å². The molecule has 0 saturated carbocycles. The van der Waals surface area contributed by atoms with Crippen molar-refractivity contribution in [2.24, 2.45) is 10.9 Å². The van der Waals surface area contributed by atoms with Crippen molar-refractivity contribution in [3.05, 3.63) is 36.5 Å². The van der Waals surface area contributed by atoms with Crippen LogP contribution in [0.4, 0.5) is 5.82 Å². The van der Waals surface area contributed by atoms with Crippen molar-refractivity contribution in [3.8, 4) is 17.1 Å². The van der Waals surface area contributed by atoms with E-state index in [1.54, 1.807) is 45.2 Å². The minimum absolute atomic E-state index is 0.231. The molecular weight excluding hydrogens is 338 g/mol. The summed E-state index contributed by atoms with van der Waals surface area (Å²) in [6.45, 7) is 3.28. The van der Waals surface area contributed by atoms with E-state index in [9.17, 15) is 14.7 Å². The van der Waals surface area contributed by atoms with Crippen molar-refractivity contribution in [1.29, 1.82) is 0 Å². The van der Waals surface area contributed by atoms with Crippen LogP contribution in [0.5, 0.6) is 5.75 Å². The highest BCUT2D eigenvalue weighted by molar-refractivity contribution is 6.08. The molecule has 0 saturated heterocycles. The summed E-state index contributed by atoms with van der Waals surface area (Å²) in [7, 11) is 1.57. The lowest BCUT2D eigenvalue weighted by Gasteiger charge is -2.10. The van der Waals surface area contributed by atoms with Crippen molar-refractivity contribution in [2.75, 3.05) is 7.11 Å². The third kappa shape index (κ3) is 5.10. The van der Waals surface area contributed by atoms with Crippen molar-refractivity contribution in [3.63, 3.8) is 0 Å². The molecule has 0 fully saturated rings. The van der Waals surface area contributed by atoms with Gasteiger partial charge < -0.3 is 14.6 Å². The second kappa shape index (κ2) is 8.70. The molecule has 0 amide bonds. The number of methoxy groups -OCH3 is 1. The monoisotopic (exact) mass is 357 g/mol. The lowest BCUT2D eigenvalue weighted by Crippen LogP contribution is -2.29. The Hall–Kier alpha value is -3.29. The highest BCUT2D eigenvalue weighted by Crippen LogP contribution is 2.20. The molecule has 136 valence electrons. The van der Waals surface area contributed by atoms with Gasteiger partial charge in [-0.3, -0.25) is 9.59 Å². The first kappa shape index (κ1) is 19.0. The van der Waals surface area contributed by atoms with E-state index in [0.717, 1.165) is 11.8 Å². The Morgan fingerprint density at radius 2 is 1.88 bits per heavy atom. The van der Waals surface area contributed by atoms with Crippen molar-refractivity contribution in [1.82, 2.24) is 9.97 Å². The van der Waals surface area contributed by atoms with Gasteiger partial charge in [0.25, 0.3) is 0 Å². The highest BCUT2D eigenvalue weighted by Gasteiger charge is 2.26. The van der Waals surface area contributed by atoms with Crippen LogP contribution < -0.4 is 4.74 Å². The molecule has 0 aliphatic carbocycles. The number of aliphatic imine (C=N–C) groups is 1. The summed E-state index contributed by atoms with van der Waals surface area (Å²) < 4.78 is 10.0. The summed E-state index contributed by atoms with van der Waals surface area (Å²) in [4.78, 5) is 35.5. The van der Waals surface area contributed by atoms with E-state index in [4.69, 9.17) is 9.47 Å². The van der Waals surface area contributed by atoms with E-state index in [0.29, 0.717) is 11.6 Å². The van der Waals surface area contributed by atoms with Gasteiger partial charge in [-0.2, -0.15) is 0 Å². The molecule has 1 atom stereocenters. The minimum atomic E-state index is -1.50. The molecule has 8 nitrogen and oxygen atoms in total. The predicted molar refractivity (Wildman–Crippen MR) is 94.5 cm³/mol. The number of rotatable bonds is 7. The molecule has 1 unspecified atom stereocenters. The van der Waals surface area contributed by atoms with E-state index < -0.39 is 24.0 Å². The quantitative estimate of drug-likeness (QED) is 0.460. The number of nitrogens with zero attached hydrogens (tertiary/aromatic N) is 3. The van der Waals surface area contributed by atoms with Gasteiger partial charge in [0.2, 0.25) is 0 Å². The number of aliphatic carboxylic acids is 1. The predicted octanol–water partition coefficient (Wildman–Crippen LogP) is 2.51. The largest absolute Gasteiger partial charge is 0.497 e. The zero-order chi connectivity index (χ0) is 19.1. The first-order chi connectivity index (χ1) is 12.4. The Kier molecular flexibility index (Phi) is 6.37. The van der Waals surface area contributed by atoms with Crippen molar-refractivity contribution < 1.29 is 24.2 Å². The third-order valence-corrected chi connectivity index (χ3v) is 3.22. The fraction of sp³-hybridized carbons (Fsp3) is 0.278. The summed E-state index contributed by atoms with van der Waals surface area (Å²) in [5.74, 6) is -2.37. The molecule has 1 aromatic heterocycles. The van der Waals surface area contributed by atoms with Gasteiger partial charge in [0, 0.05) is 24.0 Å². The van der Waals surface area contributed by atoms with E-state index in [2.05, 4.69) is 15.0 Å². The second-order valence-corrected chi connectivity index (χ2v) is 5.55. The smallest absolute Gasteiger partial charge is 0.326 e. The molecule has 1 N–H and O–H groups in total. The lowest BCUT2D eigenvalue weighted by molar-refractivity contribution is -0.157. The molecule has 0 bridgehead atoms. The topological polar surface area (TPSA) is 111 Å². The standard InChI is InChI=1S/C18H19N3O5/c1-11(2)26-18(24)14(17(22)23)10-20-15-8-9-19-16(21-15)12-4-6-13(25-3)7-5-12/h4-11,14H,1-3H3,(H,22,23). The maximum Gasteiger partial charge on any atom is 0.326 e. The molecule has 8 heteroatoms. The molecule has 2 rings (SSSR count). The van der Waals surface area contributed by atoms with Crippen molar-refractivity contribution in [2.45, 2.75) is 20.0 Å². The fourth-order valence-electron chi connectivity index (χ4n) is 1.98. The maximum atomic E-state index is 11.8. The maximum absolute atomic E-state index is 11.8. The Balaban J connectivity index is 2.21. The number of benzene rings is 1. The van der Waals surface area contributed by atoms with E-state index in [1.165, 1.54) is 12.3 Å². The van der Waals surface area contributed by atoms with Crippen LogP contribution in [0.1, 0.15) is 13.8 Å². The second-order valence-electron chi connectivity index (χ2n) is 5.55. The van der Waals surface area contributed by atoms with E-state index in [-0.39, 0.29) is 5.82 Å². The van der Waals surface area contributed by atoms with Crippen LogP contribution in [0.15, 0.2) is 41.5 Å². The van der Waals surface area contributed by atoms with E-state index >= 15 is 0 Å². The first-order valence-corrected chi connectivity index (χ1v) is 7.85. The molecule has 2 aromatic rings. The average Bonchev–Trinajstić information content (AvgIpc) is 2.61. The van der Waals surface area contributed by atoms with Gasteiger partial charge >= 0.3 is 11.9 Å². The zero-order valence-corrected chi connectivity index (χ0v) is 14.6. The molecule has 0 aliphatic rings. The molecule has 0 spiro atoms. The van der Waals surface area contributed by atoms with Crippen molar-refractivity contribution >= 4 is 24.0 Å². The van der Waals surface area contributed by atoms with Crippen LogP contribution >= 0.6 is 0 Å². The number of carboxylic acids is 1. The number of aromatic nitrogens is 2. The van der Waals surface area contributed by atoms with Crippen LogP contribution in [-0.2, 0) is 14.3 Å². The van der Waals surface area contributed by atoms with Gasteiger partial charge in [-0.15, -0.1) is 0 Å². The molecular formula is C18H19N3O5. The third-order valence-electron chi connectivity index (χ3n) is 3.22. The SMILES string of the molecule is COc1ccc(-c2nccc(N=CC(C(=O)O)C(=O)OC(C)C)n2)cc1. The molecule has 1 aromatic carbocycles. The van der Waals surface area contributed by atoms with E-state index in [1.807, 2.05) is 0 Å². The molecule has 0 aliphatic heterocycles. The van der Waals surface area contributed by atoms with Gasteiger partial charge in [-0.05, 0) is 38.1 Å². The summed E-state index contributed by atoms with van der Waals surface area (Å²) in [6.07, 6.45) is 2.09. The molecule has 26 heavy (non-hydrogen) atoms. The van der Waals surface area contributed by atoms with Crippen LogP contribution in [0.25, 0.3) is 11.4 Å². The minimum Gasteiger partial charge on any atom is -0.497 e. The Morgan fingerprint density at radius 1 is 1.19 bits per heavy atom. The number of hydrogen-bond donors (Lipinski definition) is 1. The van der Waals surface area contributed by atoms with Gasteiger partial charge in [0.15, 0.2) is 17.6 Å². The van der Waals surface area contributed by atoms with Gasteiger partial charge in [-0.25, -0.2) is 15.0 Å². The highest BCUT2D eigenvalue weighted by atomic mass is 16.5. The Labute approximate surface area is 150 Å². The van der Waals surface area contributed by atoms with Crippen LogP contribution in [0, 0.1) is 5.92 Å². The normalized spacial score (nSPS) is 12.2. The number of hydrogen-bond acceptors (Lipinski definition) is 7. The summed E-state index contributed by atoms with van der Waals surface area (Å²) in [6, 6.07) is 8.65. The van der Waals surface area contributed by atoms with Gasteiger partial charge in [-0.1, -0.05) is 0 Å². The summed E-state index contributed by atoms with van der Waals surface area (Å²) >= 11 is 0. The fourth-order valence-corrected chi connectivity index (χ4v) is 1.98. The van der Waals surface area contributed by atoms with Gasteiger partial charge in [0.05, 0.1) is 13.2 Å². The zero-order valence-electron chi connectivity index (χ0n) is 14.6. The number of carboxylic acid groups (broad SMARTS) is 1. The average molecular weight is 357 g/mol. The van der Waals surface area contributed by atoms with Crippen LogP contribution in [0.2, 0.25) is 0 Å². The number of carbonyl (C=O) groups excluding carboxylic acids is 1.